The van der Waals surface area contributed by atoms with E-state index in [4.69, 9.17) is 0 Å². The number of anilines is 1. The second-order valence-electron chi connectivity index (χ2n) is 6.77. The van der Waals surface area contributed by atoms with Crippen LogP contribution in [0.3, 0.4) is 0 Å². The number of sulfonamides is 1. The quantitative estimate of drug-likeness (QED) is 0.645. The molecule has 1 aromatic carbocycles. The minimum absolute atomic E-state index is 0.0723. The second kappa shape index (κ2) is 10.2. The minimum Gasteiger partial charge on any atom is -0.338 e. The van der Waals surface area contributed by atoms with Gasteiger partial charge in [0.2, 0.25) is 21.9 Å². The molecule has 0 saturated carbocycles. The van der Waals surface area contributed by atoms with E-state index in [1.165, 1.54) is 23.9 Å². The summed E-state index contributed by atoms with van der Waals surface area (Å²) in [5, 5.41) is 0. The molecule has 0 spiro atoms. The zero-order chi connectivity index (χ0) is 21.6. The summed E-state index contributed by atoms with van der Waals surface area (Å²) >= 11 is 1.54. The average molecular weight is 454 g/mol. The van der Waals surface area contributed by atoms with Crippen LogP contribution in [-0.2, 0) is 14.8 Å². The number of piperazine rings is 1. The molecule has 2 heterocycles. The number of nitrogens with zero attached hydrogens (tertiary/aromatic N) is 4. The number of rotatable bonds is 8. The van der Waals surface area contributed by atoms with Crippen LogP contribution in [0.15, 0.2) is 47.6 Å². The molecule has 1 aliphatic rings. The van der Waals surface area contributed by atoms with Crippen LogP contribution in [0.4, 0.5) is 10.3 Å². The fourth-order valence-electron chi connectivity index (χ4n) is 3.14. The Morgan fingerprint density at radius 3 is 2.40 bits per heavy atom. The molecule has 0 aliphatic carbocycles. The molecule has 1 aliphatic heterocycles. The third-order valence-electron chi connectivity index (χ3n) is 4.76. The molecule has 30 heavy (non-hydrogen) atoms. The number of carbonyl (C=O) groups is 1. The number of nitrogens with one attached hydrogen (secondary N) is 1. The van der Waals surface area contributed by atoms with Gasteiger partial charge in [-0.3, -0.25) is 4.79 Å². The average Bonchev–Trinajstić information content (AvgIpc) is 2.77. The predicted octanol–water partition coefficient (Wildman–Crippen LogP) is 1.36. The Labute approximate surface area is 179 Å². The fourth-order valence-corrected chi connectivity index (χ4v) is 4.83. The first-order valence-corrected chi connectivity index (χ1v) is 12.4. The summed E-state index contributed by atoms with van der Waals surface area (Å²) in [5.41, 5.74) is 0. The molecule has 3 rings (SSSR count). The van der Waals surface area contributed by atoms with Crippen LogP contribution < -0.4 is 9.62 Å². The summed E-state index contributed by atoms with van der Waals surface area (Å²) in [4.78, 5) is 25.1. The third-order valence-corrected chi connectivity index (χ3v) is 6.89. The Bertz CT molecular complexity index is 936. The number of thioether (sulfide) groups is 1. The number of hydrogen-bond donors (Lipinski definition) is 1. The lowest BCUT2D eigenvalue weighted by Gasteiger charge is -2.36. The van der Waals surface area contributed by atoms with Crippen LogP contribution in [0.5, 0.6) is 0 Å². The molecule has 1 saturated heterocycles. The first kappa shape index (κ1) is 22.4. The van der Waals surface area contributed by atoms with Gasteiger partial charge in [-0.1, -0.05) is 0 Å². The number of aromatic nitrogens is 2. The summed E-state index contributed by atoms with van der Waals surface area (Å²) in [6, 6.07) is 5.40. The smallest absolute Gasteiger partial charge is 0.241 e. The van der Waals surface area contributed by atoms with Crippen LogP contribution >= 0.6 is 11.8 Å². The standard InChI is InChI=1S/C19H24FN5O3S2/c1-29-14-7-17(23-30(27,28)16-5-3-15(20)4-6-16)18(26)24-10-12-25(13-11-24)19-21-8-2-9-22-19/h2-6,8-9,17,23H,7,10-14H2,1H3. The van der Waals surface area contributed by atoms with Crippen molar-refractivity contribution in [2.24, 2.45) is 0 Å². The number of amides is 1. The van der Waals surface area contributed by atoms with Crippen molar-refractivity contribution < 1.29 is 17.6 Å². The van der Waals surface area contributed by atoms with Gasteiger partial charge in [0.25, 0.3) is 0 Å². The van der Waals surface area contributed by atoms with Gasteiger partial charge in [0.15, 0.2) is 0 Å². The van der Waals surface area contributed by atoms with Crippen LogP contribution in [0, 0.1) is 5.82 Å². The molecule has 1 unspecified atom stereocenters. The lowest BCUT2D eigenvalue weighted by molar-refractivity contribution is -0.133. The van der Waals surface area contributed by atoms with Crippen molar-refractivity contribution >= 4 is 33.6 Å². The highest BCUT2D eigenvalue weighted by atomic mass is 32.2. The fraction of sp³-hybridized carbons (Fsp3) is 0.421. The largest absolute Gasteiger partial charge is 0.338 e. The summed E-state index contributed by atoms with van der Waals surface area (Å²) in [6.45, 7) is 2.03. The molecule has 0 radical (unpaired) electrons. The van der Waals surface area contributed by atoms with E-state index in [0.717, 1.165) is 12.1 Å². The predicted molar refractivity (Wildman–Crippen MR) is 114 cm³/mol. The van der Waals surface area contributed by atoms with Crippen molar-refractivity contribution in [1.29, 1.82) is 0 Å². The van der Waals surface area contributed by atoms with Crippen LogP contribution in [0.2, 0.25) is 0 Å². The van der Waals surface area contributed by atoms with Crippen LogP contribution in [-0.4, -0.2) is 73.4 Å². The highest BCUT2D eigenvalue weighted by Crippen LogP contribution is 2.15. The van der Waals surface area contributed by atoms with Crippen molar-refractivity contribution in [3.8, 4) is 0 Å². The van der Waals surface area contributed by atoms with Gasteiger partial charge < -0.3 is 9.80 Å². The molecule has 0 bridgehead atoms. The third kappa shape index (κ3) is 5.67. The molecule has 162 valence electrons. The van der Waals surface area contributed by atoms with Crippen molar-refractivity contribution in [3.63, 3.8) is 0 Å². The maximum Gasteiger partial charge on any atom is 0.241 e. The number of hydrogen-bond acceptors (Lipinski definition) is 7. The molecule has 8 nitrogen and oxygen atoms in total. The van der Waals surface area contributed by atoms with Gasteiger partial charge in [0.1, 0.15) is 11.9 Å². The summed E-state index contributed by atoms with van der Waals surface area (Å²) < 4.78 is 41.1. The van der Waals surface area contributed by atoms with Gasteiger partial charge in [-0.05, 0) is 48.8 Å². The summed E-state index contributed by atoms with van der Waals surface area (Å²) in [7, 11) is -3.95. The minimum atomic E-state index is -3.95. The zero-order valence-corrected chi connectivity index (χ0v) is 18.2. The van der Waals surface area contributed by atoms with E-state index in [1.54, 1.807) is 23.4 Å². The second-order valence-corrected chi connectivity index (χ2v) is 9.47. The number of halogens is 1. The molecule has 1 aromatic heterocycles. The topological polar surface area (TPSA) is 95.5 Å². The Hall–Kier alpha value is -2.24. The van der Waals surface area contributed by atoms with E-state index >= 15 is 0 Å². The van der Waals surface area contributed by atoms with Crippen molar-refractivity contribution in [3.05, 3.63) is 48.5 Å². The first-order valence-electron chi connectivity index (χ1n) is 9.48. The molecular formula is C19H24FN5O3S2. The Morgan fingerprint density at radius 2 is 1.80 bits per heavy atom. The highest BCUT2D eigenvalue weighted by Gasteiger charge is 2.31. The molecular weight excluding hydrogens is 429 g/mol. The molecule has 1 fully saturated rings. The van der Waals surface area contributed by atoms with E-state index in [1.807, 2.05) is 11.2 Å². The summed E-state index contributed by atoms with van der Waals surface area (Å²) in [6.07, 6.45) is 5.60. The van der Waals surface area contributed by atoms with Gasteiger partial charge in [-0.15, -0.1) is 0 Å². The van der Waals surface area contributed by atoms with Crippen LogP contribution in [0.25, 0.3) is 0 Å². The lowest BCUT2D eigenvalue weighted by atomic mass is 10.2. The van der Waals surface area contributed by atoms with Gasteiger partial charge >= 0.3 is 0 Å². The first-order chi connectivity index (χ1) is 14.4. The zero-order valence-electron chi connectivity index (χ0n) is 16.6. The van der Waals surface area contributed by atoms with Crippen molar-refractivity contribution in [1.82, 2.24) is 19.6 Å². The monoisotopic (exact) mass is 453 g/mol. The molecule has 2 aromatic rings. The number of carbonyl (C=O) groups excluding carboxylic acids is 1. The summed E-state index contributed by atoms with van der Waals surface area (Å²) in [5.74, 6) is 0.452. The normalized spacial score (nSPS) is 15.8. The SMILES string of the molecule is CSCCC(NS(=O)(=O)c1ccc(F)cc1)C(=O)N1CCN(c2ncccn2)CC1. The molecule has 1 atom stereocenters. The molecule has 1 amide bonds. The van der Waals surface area contributed by atoms with Gasteiger partial charge in [-0.2, -0.15) is 16.5 Å². The maximum absolute atomic E-state index is 13.1. The van der Waals surface area contributed by atoms with Crippen molar-refractivity contribution in [2.45, 2.75) is 17.4 Å². The van der Waals surface area contributed by atoms with E-state index in [0.29, 0.717) is 44.3 Å². The Morgan fingerprint density at radius 1 is 1.17 bits per heavy atom. The Balaban J connectivity index is 1.67. The van der Waals surface area contributed by atoms with E-state index in [2.05, 4.69) is 14.7 Å². The van der Waals surface area contributed by atoms with Gasteiger partial charge in [0, 0.05) is 38.6 Å². The molecule has 11 heteroatoms. The van der Waals surface area contributed by atoms with E-state index < -0.39 is 21.9 Å². The highest BCUT2D eigenvalue weighted by molar-refractivity contribution is 7.98. The molecule has 1 N–H and O–H groups in total. The lowest BCUT2D eigenvalue weighted by Crippen LogP contribution is -2.55. The van der Waals surface area contributed by atoms with E-state index in [-0.39, 0.29) is 10.8 Å². The van der Waals surface area contributed by atoms with Gasteiger partial charge in [0.05, 0.1) is 4.90 Å². The van der Waals surface area contributed by atoms with Gasteiger partial charge in [-0.25, -0.2) is 22.8 Å². The van der Waals surface area contributed by atoms with Crippen LogP contribution in [0.1, 0.15) is 6.42 Å². The van der Waals surface area contributed by atoms with Crippen molar-refractivity contribution in [2.75, 3.05) is 43.1 Å². The maximum atomic E-state index is 13.1. The number of benzene rings is 1. The Kier molecular flexibility index (Phi) is 7.62. The van der Waals surface area contributed by atoms with E-state index in [9.17, 15) is 17.6 Å².